The molecule has 0 fully saturated rings. The van der Waals surface area contributed by atoms with Crippen LogP contribution in [0.5, 0.6) is 0 Å². The van der Waals surface area contributed by atoms with Crippen molar-refractivity contribution in [2.45, 2.75) is 38.3 Å². The van der Waals surface area contributed by atoms with Crippen LogP contribution in [-0.2, 0) is 10.5 Å². The molecular weight excluding hydrogens is 606 g/mol. The molecule has 3 aromatic carbocycles. The molecule has 8 nitrogen and oxygen atoms in total. The van der Waals surface area contributed by atoms with E-state index in [1.807, 2.05) is 5.43 Å². The molecule has 236 valence electrons. The molecule has 0 aliphatic heterocycles. The number of carbonyl (C=O) groups is 3. The minimum absolute atomic E-state index is 0.0506. The third-order valence-corrected chi connectivity index (χ3v) is 6.59. The summed E-state index contributed by atoms with van der Waals surface area (Å²) >= 11 is 0. The van der Waals surface area contributed by atoms with Crippen molar-refractivity contribution < 1.29 is 49.5 Å². The molecule has 16 heteroatoms. The second-order valence-electron chi connectivity index (χ2n) is 9.63. The monoisotopic (exact) mass is 631 g/mol. The van der Waals surface area contributed by atoms with Crippen molar-refractivity contribution in [2.24, 2.45) is 5.84 Å². The molecule has 44 heavy (non-hydrogen) atoms. The number of nitrogens with one attached hydrogen (secondary N) is 2. The van der Waals surface area contributed by atoms with Crippen LogP contribution in [-0.4, -0.2) is 36.6 Å². The van der Waals surface area contributed by atoms with E-state index in [0.717, 1.165) is 30.9 Å². The highest BCUT2D eigenvalue weighted by atomic mass is 19.4. The molecule has 0 saturated carbocycles. The zero-order valence-electron chi connectivity index (χ0n) is 23.0. The molecule has 0 atom stereocenters. The summed E-state index contributed by atoms with van der Waals surface area (Å²) in [6.07, 6.45) is -13.1. The third kappa shape index (κ3) is 6.59. The van der Waals surface area contributed by atoms with Gasteiger partial charge in [-0.3, -0.25) is 19.8 Å². The molecule has 0 aromatic heterocycles. The summed E-state index contributed by atoms with van der Waals surface area (Å²) in [4.78, 5) is 39.1. The van der Waals surface area contributed by atoms with Crippen LogP contribution in [0.25, 0.3) is 0 Å². The SMILES string of the molecule is Cc1cc(C(F)(C(F)(F)F)C(F)(F)F)cc(C)c1NC(=O)c1cccc(N(CCC(=O)NN)C(=O)c2ccc(N)cc2)c1F. The summed E-state index contributed by atoms with van der Waals surface area (Å²) < 4.78 is 110. The lowest BCUT2D eigenvalue weighted by Gasteiger charge is -2.31. The number of amides is 3. The number of carbonyl (C=O) groups excluding carboxylic acids is 3. The van der Waals surface area contributed by atoms with Gasteiger partial charge in [0.1, 0.15) is 0 Å². The van der Waals surface area contributed by atoms with E-state index in [2.05, 4.69) is 5.32 Å². The average Bonchev–Trinajstić information content (AvgIpc) is 2.93. The van der Waals surface area contributed by atoms with E-state index >= 15 is 4.39 Å². The number of nitrogens with zero attached hydrogens (tertiary/aromatic N) is 1. The highest BCUT2D eigenvalue weighted by Crippen LogP contribution is 2.53. The highest BCUT2D eigenvalue weighted by Gasteiger charge is 2.73. The van der Waals surface area contributed by atoms with Crippen LogP contribution < -0.4 is 27.2 Å². The summed E-state index contributed by atoms with van der Waals surface area (Å²) in [5, 5.41) is 2.22. The van der Waals surface area contributed by atoms with Crippen LogP contribution in [0, 0.1) is 19.7 Å². The number of anilines is 3. The number of nitrogens with two attached hydrogens (primary N) is 2. The number of rotatable bonds is 8. The zero-order chi connectivity index (χ0) is 33.2. The van der Waals surface area contributed by atoms with Gasteiger partial charge in [-0.15, -0.1) is 0 Å². The van der Waals surface area contributed by atoms with Gasteiger partial charge in [0.25, 0.3) is 11.8 Å². The smallest absolute Gasteiger partial charge is 0.399 e. The Morgan fingerprint density at radius 2 is 1.41 bits per heavy atom. The molecule has 3 amide bonds. The molecule has 0 saturated heterocycles. The summed E-state index contributed by atoms with van der Waals surface area (Å²) in [5.41, 5.74) is -1.73. The molecule has 6 N–H and O–H groups in total. The first kappa shape index (κ1) is 33.8. The lowest BCUT2D eigenvalue weighted by molar-refractivity contribution is -0.348. The first-order chi connectivity index (χ1) is 20.3. The van der Waals surface area contributed by atoms with E-state index in [1.54, 1.807) is 0 Å². The molecule has 3 rings (SSSR count). The normalized spacial score (nSPS) is 12.1. The Morgan fingerprint density at radius 1 is 0.864 bits per heavy atom. The van der Waals surface area contributed by atoms with Gasteiger partial charge in [0.05, 0.1) is 11.3 Å². The van der Waals surface area contributed by atoms with E-state index in [1.165, 1.54) is 30.3 Å². The van der Waals surface area contributed by atoms with Gasteiger partial charge < -0.3 is 16.0 Å². The largest absolute Gasteiger partial charge is 0.435 e. The fraction of sp³-hybridized carbons (Fsp3) is 0.250. The maximum atomic E-state index is 15.8. The van der Waals surface area contributed by atoms with Crippen LogP contribution in [0.2, 0.25) is 0 Å². The molecule has 0 unspecified atom stereocenters. The number of hydrazine groups is 1. The number of aryl methyl sites for hydroxylation is 2. The van der Waals surface area contributed by atoms with Gasteiger partial charge in [-0.2, -0.15) is 26.3 Å². The zero-order valence-corrected chi connectivity index (χ0v) is 23.0. The minimum atomic E-state index is -6.35. The summed E-state index contributed by atoms with van der Waals surface area (Å²) in [6.45, 7) is 1.67. The summed E-state index contributed by atoms with van der Waals surface area (Å²) in [5.74, 6) is 1.18. The Balaban J connectivity index is 2.02. The number of alkyl halides is 7. The summed E-state index contributed by atoms with van der Waals surface area (Å²) in [6, 6.07) is 9.43. The van der Waals surface area contributed by atoms with Crippen LogP contribution in [0.15, 0.2) is 54.6 Å². The van der Waals surface area contributed by atoms with Gasteiger partial charge in [-0.05, 0) is 61.4 Å². The van der Waals surface area contributed by atoms with Crippen molar-refractivity contribution in [3.8, 4) is 0 Å². The molecule has 0 aliphatic rings. The maximum absolute atomic E-state index is 15.8. The van der Waals surface area contributed by atoms with Crippen LogP contribution >= 0.6 is 0 Å². The summed E-state index contributed by atoms with van der Waals surface area (Å²) in [7, 11) is 0. The van der Waals surface area contributed by atoms with Crippen molar-refractivity contribution in [3.05, 3.63) is 88.2 Å². The van der Waals surface area contributed by atoms with Crippen molar-refractivity contribution in [3.63, 3.8) is 0 Å². The fourth-order valence-corrected chi connectivity index (χ4v) is 4.33. The Bertz CT molecular complexity index is 1540. The van der Waals surface area contributed by atoms with Gasteiger partial charge in [0.15, 0.2) is 5.82 Å². The van der Waals surface area contributed by atoms with Crippen LogP contribution in [0.1, 0.15) is 43.8 Å². The van der Waals surface area contributed by atoms with E-state index in [0.29, 0.717) is 5.69 Å². The number of hydrogen-bond donors (Lipinski definition) is 4. The van der Waals surface area contributed by atoms with Gasteiger partial charge in [0, 0.05) is 35.5 Å². The maximum Gasteiger partial charge on any atom is 0.435 e. The van der Waals surface area contributed by atoms with E-state index in [-0.39, 0.29) is 40.9 Å². The Hall–Kier alpha value is -4.73. The van der Waals surface area contributed by atoms with Gasteiger partial charge in [-0.25, -0.2) is 14.6 Å². The molecule has 0 aliphatic carbocycles. The number of hydrogen-bond acceptors (Lipinski definition) is 5. The molecular formula is C28H25F8N5O3. The Labute approximate surface area is 245 Å². The third-order valence-electron chi connectivity index (χ3n) is 6.59. The second kappa shape index (κ2) is 12.5. The van der Waals surface area contributed by atoms with Crippen LogP contribution in [0.3, 0.4) is 0 Å². The molecule has 0 bridgehead atoms. The first-order valence-corrected chi connectivity index (χ1v) is 12.5. The number of nitrogen functional groups attached to an aromatic ring is 1. The van der Waals surface area contributed by atoms with Gasteiger partial charge in [-0.1, -0.05) is 18.2 Å². The lowest BCUT2D eigenvalue weighted by Crippen LogP contribution is -2.50. The van der Waals surface area contributed by atoms with Gasteiger partial charge >= 0.3 is 18.0 Å². The average molecular weight is 632 g/mol. The fourth-order valence-electron chi connectivity index (χ4n) is 4.33. The van der Waals surface area contributed by atoms with Gasteiger partial charge in [0.2, 0.25) is 5.91 Å². The number of benzene rings is 3. The standard InChI is InChI=1S/C28H25F8N5O3/c1-14-12-17(26(30,27(31,32)33)28(34,35)36)13-15(2)23(14)39-24(43)19-4-3-5-20(22(19)29)41(11-10-21(42)40-38)25(44)16-6-8-18(37)9-7-16/h3-9,12-13H,10-11,37-38H2,1-2H3,(H,39,43)(H,40,42). The Morgan fingerprint density at radius 3 is 1.91 bits per heavy atom. The van der Waals surface area contributed by atoms with Crippen LogP contribution in [0.4, 0.5) is 52.2 Å². The topological polar surface area (TPSA) is 131 Å². The lowest BCUT2D eigenvalue weighted by atomic mass is 9.90. The predicted octanol–water partition coefficient (Wildman–Crippen LogP) is 5.59. The predicted molar refractivity (Wildman–Crippen MR) is 145 cm³/mol. The minimum Gasteiger partial charge on any atom is -0.399 e. The van der Waals surface area contributed by atoms with Crippen molar-refractivity contribution in [1.29, 1.82) is 0 Å². The van der Waals surface area contributed by atoms with Crippen molar-refractivity contribution in [2.75, 3.05) is 22.5 Å². The van der Waals surface area contributed by atoms with E-state index in [4.69, 9.17) is 11.6 Å². The molecule has 0 radical (unpaired) electrons. The highest BCUT2D eigenvalue weighted by molar-refractivity contribution is 6.09. The molecule has 3 aromatic rings. The van der Waals surface area contributed by atoms with Crippen molar-refractivity contribution in [1.82, 2.24) is 5.43 Å². The first-order valence-electron chi connectivity index (χ1n) is 12.5. The quantitative estimate of drug-likeness (QED) is 0.0847. The number of halogens is 8. The Kier molecular flexibility index (Phi) is 9.58. The van der Waals surface area contributed by atoms with Crippen molar-refractivity contribution >= 4 is 34.8 Å². The second-order valence-corrected chi connectivity index (χ2v) is 9.63. The van der Waals surface area contributed by atoms with E-state index < -0.39 is 64.9 Å². The molecule has 0 spiro atoms. The van der Waals surface area contributed by atoms with E-state index in [9.17, 15) is 45.1 Å². The molecule has 0 heterocycles.